The van der Waals surface area contributed by atoms with Crippen LogP contribution in [0.2, 0.25) is 0 Å². The highest BCUT2D eigenvalue weighted by atomic mass is 35.5. The molecule has 7 nitrogen and oxygen atoms in total. The van der Waals surface area contributed by atoms with Crippen molar-refractivity contribution in [1.29, 1.82) is 0 Å². The van der Waals surface area contributed by atoms with E-state index in [4.69, 9.17) is 10.5 Å². The Labute approximate surface area is 156 Å². The molecular formula is C15H29Cl2N5O2. The molecule has 2 rings (SSSR count). The molecular weight excluding hydrogens is 353 g/mol. The number of nitrogens with zero attached hydrogens (tertiary/aromatic N) is 4. The van der Waals surface area contributed by atoms with Crippen molar-refractivity contribution in [3.8, 4) is 0 Å². The summed E-state index contributed by atoms with van der Waals surface area (Å²) in [4.78, 5) is 18.6. The van der Waals surface area contributed by atoms with Crippen LogP contribution in [-0.4, -0.2) is 58.4 Å². The van der Waals surface area contributed by atoms with E-state index in [2.05, 4.69) is 10.1 Å². The van der Waals surface area contributed by atoms with Crippen LogP contribution in [0.1, 0.15) is 30.9 Å². The predicted octanol–water partition coefficient (Wildman–Crippen LogP) is 1.34. The van der Waals surface area contributed by atoms with Gasteiger partial charge in [-0.2, -0.15) is 5.10 Å². The van der Waals surface area contributed by atoms with Crippen LogP contribution in [0.25, 0.3) is 0 Å². The summed E-state index contributed by atoms with van der Waals surface area (Å²) in [5.74, 6) is 2.29. The van der Waals surface area contributed by atoms with Crippen molar-refractivity contribution in [2.45, 2.75) is 45.8 Å². The number of aryl methyl sites for hydroxylation is 2. The first kappa shape index (κ1) is 23.1. The minimum Gasteiger partial charge on any atom is -0.380 e. The molecule has 1 aliphatic heterocycles. The summed E-state index contributed by atoms with van der Waals surface area (Å²) in [7, 11) is 1.60. The number of halogens is 2. The van der Waals surface area contributed by atoms with Crippen LogP contribution in [0, 0.1) is 19.8 Å². The molecule has 1 aliphatic rings. The van der Waals surface area contributed by atoms with Gasteiger partial charge < -0.3 is 15.4 Å². The highest BCUT2D eigenvalue weighted by Crippen LogP contribution is 2.20. The third-order valence-corrected chi connectivity index (χ3v) is 4.26. The number of likely N-dealkylation sites (tertiary alicyclic amines) is 1. The SMILES string of the molecule is COC(CN)CC(=O)N1CCCC(Cn2nc(C)nc2C)C1.Cl.Cl. The number of carbonyl (C=O) groups excluding carboxylic acids is 1. The fourth-order valence-corrected chi connectivity index (χ4v) is 3.01. The summed E-state index contributed by atoms with van der Waals surface area (Å²) >= 11 is 0. The van der Waals surface area contributed by atoms with E-state index in [0.29, 0.717) is 18.9 Å². The maximum atomic E-state index is 12.4. The quantitative estimate of drug-likeness (QED) is 0.803. The molecule has 1 fully saturated rings. The maximum absolute atomic E-state index is 12.4. The monoisotopic (exact) mass is 381 g/mol. The molecule has 0 aliphatic carbocycles. The van der Waals surface area contributed by atoms with Gasteiger partial charge in [-0.15, -0.1) is 24.8 Å². The van der Waals surface area contributed by atoms with E-state index in [9.17, 15) is 4.79 Å². The van der Waals surface area contributed by atoms with Gasteiger partial charge in [-0.25, -0.2) is 9.67 Å². The van der Waals surface area contributed by atoms with Crippen LogP contribution >= 0.6 is 24.8 Å². The van der Waals surface area contributed by atoms with Crippen LogP contribution in [0.15, 0.2) is 0 Å². The molecule has 2 atom stereocenters. The van der Waals surface area contributed by atoms with E-state index in [1.165, 1.54) is 0 Å². The van der Waals surface area contributed by atoms with Gasteiger partial charge in [-0.05, 0) is 32.6 Å². The second kappa shape index (κ2) is 10.9. The summed E-state index contributed by atoms with van der Waals surface area (Å²) in [6.07, 6.45) is 2.32. The lowest BCUT2D eigenvalue weighted by molar-refractivity contribution is -0.135. The number of hydrogen-bond donors (Lipinski definition) is 1. The number of aromatic nitrogens is 3. The van der Waals surface area contributed by atoms with Crippen LogP contribution in [-0.2, 0) is 16.1 Å². The standard InChI is InChI=1S/C15H27N5O2.2ClH/c1-11-17-12(2)20(18-11)10-13-5-4-6-19(9-13)15(21)7-14(8-16)22-3;;/h13-14H,4-10,16H2,1-3H3;2*1H. The smallest absolute Gasteiger partial charge is 0.225 e. The summed E-state index contributed by atoms with van der Waals surface area (Å²) < 4.78 is 7.16. The molecule has 1 aromatic heterocycles. The van der Waals surface area contributed by atoms with Gasteiger partial charge in [0.05, 0.1) is 12.5 Å². The predicted molar refractivity (Wildman–Crippen MR) is 97.8 cm³/mol. The number of methoxy groups -OCH3 is 1. The Morgan fingerprint density at radius 2 is 2.12 bits per heavy atom. The lowest BCUT2D eigenvalue weighted by Gasteiger charge is -2.33. The van der Waals surface area contributed by atoms with Crippen LogP contribution in [0.4, 0.5) is 0 Å². The second-order valence-electron chi connectivity index (χ2n) is 6.03. The van der Waals surface area contributed by atoms with Crippen molar-refractivity contribution in [1.82, 2.24) is 19.7 Å². The second-order valence-corrected chi connectivity index (χ2v) is 6.03. The largest absolute Gasteiger partial charge is 0.380 e. The molecule has 1 aromatic rings. The number of nitrogens with two attached hydrogens (primary N) is 1. The Kier molecular flexibility index (Phi) is 10.5. The van der Waals surface area contributed by atoms with Crippen molar-refractivity contribution < 1.29 is 9.53 Å². The third kappa shape index (κ3) is 6.20. The fraction of sp³-hybridized carbons (Fsp3) is 0.800. The summed E-state index contributed by atoms with van der Waals surface area (Å²) in [6, 6.07) is 0. The van der Waals surface area contributed by atoms with Gasteiger partial charge >= 0.3 is 0 Å². The zero-order chi connectivity index (χ0) is 16.1. The van der Waals surface area contributed by atoms with E-state index >= 15 is 0 Å². The van der Waals surface area contributed by atoms with Crippen LogP contribution in [0.3, 0.4) is 0 Å². The Balaban J connectivity index is 0.00000264. The molecule has 0 bridgehead atoms. The number of hydrogen-bond acceptors (Lipinski definition) is 5. The van der Waals surface area contributed by atoms with Gasteiger partial charge in [0.15, 0.2) is 0 Å². The van der Waals surface area contributed by atoms with E-state index < -0.39 is 0 Å². The summed E-state index contributed by atoms with van der Waals surface area (Å²) in [5, 5.41) is 4.41. The van der Waals surface area contributed by atoms with Gasteiger partial charge in [-0.3, -0.25) is 4.79 Å². The molecule has 9 heteroatoms. The minimum atomic E-state index is -0.187. The van der Waals surface area contributed by atoms with Gasteiger partial charge in [0.1, 0.15) is 11.6 Å². The fourth-order valence-electron chi connectivity index (χ4n) is 3.01. The lowest BCUT2D eigenvalue weighted by atomic mass is 9.97. The highest BCUT2D eigenvalue weighted by molar-refractivity contribution is 5.85. The molecule has 140 valence electrons. The van der Waals surface area contributed by atoms with Crippen LogP contribution in [0.5, 0.6) is 0 Å². The van der Waals surface area contributed by atoms with E-state index in [1.54, 1.807) is 7.11 Å². The normalized spacial score (nSPS) is 18.5. The first-order chi connectivity index (χ1) is 10.5. The molecule has 2 unspecified atom stereocenters. The lowest BCUT2D eigenvalue weighted by Crippen LogP contribution is -2.43. The zero-order valence-corrected chi connectivity index (χ0v) is 16.2. The van der Waals surface area contributed by atoms with Crippen molar-refractivity contribution in [3.63, 3.8) is 0 Å². The minimum absolute atomic E-state index is 0. The molecule has 1 saturated heterocycles. The summed E-state index contributed by atoms with van der Waals surface area (Å²) in [6.45, 7) is 6.66. The molecule has 1 amide bonds. The Hall–Kier alpha value is -0.890. The van der Waals surface area contributed by atoms with E-state index in [1.807, 2.05) is 23.4 Å². The van der Waals surface area contributed by atoms with Crippen molar-refractivity contribution >= 4 is 30.7 Å². The molecule has 0 spiro atoms. The van der Waals surface area contributed by atoms with Gasteiger partial charge in [-0.1, -0.05) is 0 Å². The van der Waals surface area contributed by atoms with Crippen LogP contribution < -0.4 is 5.73 Å². The average Bonchev–Trinajstić information content (AvgIpc) is 2.82. The van der Waals surface area contributed by atoms with Crippen molar-refractivity contribution in [2.24, 2.45) is 11.7 Å². The van der Waals surface area contributed by atoms with Gasteiger partial charge in [0.2, 0.25) is 5.91 Å². The summed E-state index contributed by atoms with van der Waals surface area (Å²) in [5.41, 5.74) is 5.60. The zero-order valence-electron chi connectivity index (χ0n) is 14.6. The third-order valence-electron chi connectivity index (χ3n) is 4.26. The number of rotatable bonds is 6. The molecule has 24 heavy (non-hydrogen) atoms. The van der Waals surface area contributed by atoms with Gasteiger partial charge in [0, 0.05) is 33.3 Å². The Morgan fingerprint density at radius 3 is 2.67 bits per heavy atom. The molecule has 0 saturated carbocycles. The van der Waals surface area contributed by atoms with Crippen molar-refractivity contribution in [2.75, 3.05) is 26.7 Å². The molecule has 2 N–H and O–H groups in total. The number of carbonyl (C=O) groups is 1. The van der Waals surface area contributed by atoms with Gasteiger partial charge in [0.25, 0.3) is 0 Å². The highest BCUT2D eigenvalue weighted by Gasteiger charge is 2.26. The average molecular weight is 382 g/mol. The molecule has 0 radical (unpaired) electrons. The Bertz CT molecular complexity index is 508. The van der Waals surface area contributed by atoms with Crippen molar-refractivity contribution in [3.05, 3.63) is 11.6 Å². The Morgan fingerprint density at radius 1 is 1.42 bits per heavy atom. The number of amides is 1. The first-order valence-electron chi connectivity index (χ1n) is 7.92. The maximum Gasteiger partial charge on any atom is 0.225 e. The molecule has 2 heterocycles. The number of piperidine rings is 1. The topological polar surface area (TPSA) is 86.3 Å². The number of ether oxygens (including phenoxy) is 1. The first-order valence-corrected chi connectivity index (χ1v) is 7.92. The van der Waals surface area contributed by atoms with E-state index in [-0.39, 0.29) is 36.8 Å². The molecule has 0 aromatic carbocycles. The van der Waals surface area contributed by atoms with E-state index in [0.717, 1.165) is 44.1 Å².